The van der Waals surface area contributed by atoms with Gasteiger partial charge in [0.15, 0.2) is 0 Å². The number of imide groups is 1. The van der Waals surface area contributed by atoms with Gasteiger partial charge in [0, 0.05) is 32.7 Å². The van der Waals surface area contributed by atoms with Gasteiger partial charge in [-0.15, -0.1) is 0 Å². The maximum absolute atomic E-state index is 13.4. The molecule has 0 spiro atoms. The van der Waals surface area contributed by atoms with Crippen molar-refractivity contribution >= 4 is 17.7 Å². The van der Waals surface area contributed by atoms with Gasteiger partial charge in [-0.2, -0.15) is 0 Å². The third kappa shape index (κ3) is 7.24. The smallest absolute Gasteiger partial charge is 0.261 e. The largest absolute Gasteiger partial charge is 0.369 e. The highest BCUT2D eigenvalue weighted by atomic mass is 16.2. The summed E-state index contributed by atoms with van der Waals surface area (Å²) >= 11 is 0. The Hall–Kier alpha value is -3.33. The monoisotopic (exact) mass is 614 g/mol. The Kier molecular flexibility index (Phi) is 10.6. The number of carbonyl (C=O) groups is 3. The lowest BCUT2D eigenvalue weighted by Crippen LogP contribution is -2.54. The van der Waals surface area contributed by atoms with Crippen LogP contribution in [0.3, 0.4) is 0 Å². The summed E-state index contributed by atoms with van der Waals surface area (Å²) in [7, 11) is 6.71. The molecule has 242 valence electrons. The quantitative estimate of drug-likeness (QED) is 0.183. The first-order valence-electron chi connectivity index (χ1n) is 16.8. The number of unbranched alkanes of at least 4 members (excludes halogenated alkanes) is 1. The van der Waals surface area contributed by atoms with Gasteiger partial charge < -0.3 is 15.1 Å². The van der Waals surface area contributed by atoms with Crippen LogP contribution in [0.1, 0.15) is 52.8 Å². The molecule has 1 saturated heterocycles. The first-order chi connectivity index (χ1) is 21.6. The third-order valence-corrected chi connectivity index (χ3v) is 10.7. The molecule has 2 aliphatic heterocycles. The maximum Gasteiger partial charge on any atom is 0.261 e. The van der Waals surface area contributed by atoms with Crippen molar-refractivity contribution < 1.29 is 18.9 Å². The lowest BCUT2D eigenvalue weighted by molar-refractivity contribution is -0.890. The van der Waals surface area contributed by atoms with Crippen LogP contribution in [0.15, 0.2) is 72.9 Å². The van der Waals surface area contributed by atoms with Crippen molar-refractivity contribution in [3.8, 4) is 0 Å². The van der Waals surface area contributed by atoms with Crippen molar-refractivity contribution in [2.45, 2.75) is 32.1 Å². The Labute approximate surface area is 269 Å². The van der Waals surface area contributed by atoms with E-state index in [0.717, 1.165) is 82.4 Å². The summed E-state index contributed by atoms with van der Waals surface area (Å²) in [5.41, 5.74) is 6.82. The second kappa shape index (κ2) is 14.4. The number of nitrogens with zero attached hydrogens (tertiary/aromatic N) is 4. The molecule has 2 N–H and O–H groups in total. The lowest BCUT2D eigenvalue weighted by atomic mass is 9.56. The molecule has 8 heteroatoms. The van der Waals surface area contributed by atoms with Gasteiger partial charge in [0.1, 0.15) is 0 Å². The number of allylic oxidation sites excluding steroid dienone is 8. The van der Waals surface area contributed by atoms with Crippen LogP contribution in [0.5, 0.6) is 0 Å². The molecule has 3 unspecified atom stereocenters. The summed E-state index contributed by atoms with van der Waals surface area (Å²) < 4.78 is 0.895. The van der Waals surface area contributed by atoms with Crippen LogP contribution in [0.2, 0.25) is 0 Å². The van der Waals surface area contributed by atoms with Gasteiger partial charge in [-0.25, -0.2) is 0 Å². The Morgan fingerprint density at radius 1 is 0.911 bits per heavy atom. The van der Waals surface area contributed by atoms with E-state index in [2.05, 4.69) is 79.6 Å². The van der Waals surface area contributed by atoms with Crippen LogP contribution >= 0.6 is 0 Å². The fourth-order valence-electron chi connectivity index (χ4n) is 7.97. The first kappa shape index (κ1) is 33.0. The minimum absolute atomic E-state index is 0.126. The highest BCUT2D eigenvalue weighted by Crippen LogP contribution is 2.51. The van der Waals surface area contributed by atoms with Gasteiger partial charge >= 0.3 is 0 Å². The SMILES string of the molecule is CN(CCN1CCC(C(C(N)=O)(C2C=CC=CC2)C2C=CC=CC2)C1)CC[N+](C)(C)CCCCN1C(=O)c2ccccc2C1=O. The fraction of sp³-hybridized carbons (Fsp3) is 0.541. The molecule has 1 aromatic carbocycles. The summed E-state index contributed by atoms with van der Waals surface area (Å²) in [5, 5.41) is 0. The van der Waals surface area contributed by atoms with Crippen LogP contribution < -0.4 is 5.73 Å². The molecule has 8 nitrogen and oxygen atoms in total. The number of quaternary nitrogens is 1. The van der Waals surface area contributed by atoms with E-state index >= 15 is 0 Å². The zero-order valence-electron chi connectivity index (χ0n) is 27.4. The minimum atomic E-state index is -0.579. The predicted octanol–water partition coefficient (Wildman–Crippen LogP) is 4.13. The number of hydrogen-bond acceptors (Lipinski definition) is 5. The number of carbonyl (C=O) groups excluding carboxylic acids is 3. The van der Waals surface area contributed by atoms with Crippen molar-refractivity contribution in [1.29, 1.82) is 0 Å². The summed E-state index contributed by atoms with van der Waals surface area (Å²) in [6, 6.07) is 7.09. The molecule has 3 amide bonds. The average Bonchev–Trinajstić information content (AvgIpc) is 3.61. The molecule has 2 heterocycles. The number of rotatable bonds is 15. The summed E-state index contributed by atoms with van der Waals surface area (Å²) in [6.45, 7) is 7.36. The number of likely N-dealkylation sites (tertiary alicyclic amines) is 1. The molecular weight excluding hydrogens is 562 g/mol. The molecule has 0 bridgehead atoms. The normalized spacial score (nSPS) is 24.5. The van der Waals surface area contributed by atoms with E-state index in [1.54, 1.807) is 12.1 Å². The van der Waals surface area contributed by atoms with Crippen molar-refractivity contribution in [3.05, 3.63) is 84.0 Å². The average molecular weight is 615 g/mol. The van der Waals surface area contributed by atoms with Gasteiger partial charge in [0.05, 0.1) is 43.7 Å². The van der Waals surface area contributed by atoms with Crippen molar-refractivity contribution in [3.63, 3.8) is 0 Å². The Morgan fingerprint density at radius 3 is 2.09 bits per heavy atom. The second-order valence-electron chi connectivity index (χ2n) is 14.1. The Balaban J connectivity index is 1.06. The fourth-order valence-corrected chi connectivity index (χ4v) is 7.97. The van der Waals surface area contributed by atoms with Crippen LogP contribution in [0, 0.1) is 23.2 Å². The molecule has 0 saturated carbocycles. The van der Waals surface area contributed by atoms with E-state index in [0.29, 0.717) is 17.7 Å². The highest BCUT2D eigenvalue weighted by molar-refractivity contribution is 6.21. The van der Waals surface area contributed by atoms with E-state index in [9.17, 15) is 14.4 Å². The maximum atomic E-state index is 13.4. The highest BCUT2D eigenvalue weighted by Gasteiger charge is 2.54. The van der Waals surface area contributed by atoms with E-state index < -0.39 is 5.41 Å². The lowest BCUT2D eigenvalue weighted by Gasteiger charge is -2.47. The number of amides is 3. The van der Waals surface area contributed by atoms with Gasteiger partial charge in [0.25, 0.3) is 11.8 Å². The molecule has 0 aromatic heterocycles. The van der Waals surface area contributed by atoms with E-state index in [1.165, 1.54) is 4.90 Å². The van der Waals surface area contributed by atoms with Crippen molar-refractivity contribution in [2.24, 2.45) is 28.9 Å². The number of benzene rings is 1. The molecule has 2 aliphatic carbocycles. The summed E-state index contributed by atoms with van der Waals surface area (Å²) in [6.07, 6.45) is 21.6. The van der Waals surface area contributed by atoms with Crippen LogP contribution in [0.25, 0.3) is 0 Å². The third-order valence-electron chi connectivity index (χ3n) is 10.7. The van der Waals surface area contributed by atoms with Crippen molar-refractivity contribution in [1.82, 2.24) is 14.7 Å². The van der Waals surface area contributed by atoms with E-state index in [1.807, 2.05) is 12.1 Å². The second-order valence-corrected chi connectivity index (χ2v) is 14.1. The predicted molar refractivity (Wildman–Crippen MR) is 179 cm³/mol. The Morgan fingerprint density at radius 2 is 1.53 bits per heavy atom. The molecule has 0 radical (unpaired) electrons. The number of nitrogens with two attached hydrogens (primary N) is 1. The number of fused-ring (bicyclic) bond motifs is 1. The van der Waals surface area contributed by atoms with Crippen LogP contribution in [0.4, 0.5) is 0 Å². The zero-order chi connectivity index (χ0) is 32.0. The molecule has 45 heavy (non-hydrogen) atoms. The molecule has 1 aromatic rings. The first-order valence-corrected chi connectivity index (χ1v) is 16.8. The molecular formula is C37H52N5O3+. The molecule has 4 aliphatic rings. The topological polar surface area (TPSA) is 86.9 Å². The number of primary amides is 1. The Bertz CT molecular complexity index is 1300. The van der Waals surface area contributed by atoms with Gasteiger partial charge in [-0.3, -0.25) is 24.2 Å². The van der Waals surface area contributed by atoms with Gasteiger partial charge in [0.2, 0.25) is 5.91 Å². The minimum Gasteiger partial charge on any atom is -0.369 e. The summed E-state index contributed by atoms with van der Waals surface area (Å²) in [4.78, 5) is 45.1. The standard InChI is InChI=1S/C37H51N5O3/c1-39(25-27-42(2,3)26-13-12-21-41-34(43)32-18-10-11-19-33(32)35(41)44)23-24-40-22-20-31(28-40)37(36(38)45,29-14-6-4-7-15-29)30-16-8-5-9-17-30/h4-11,14,16,18-19,29-31H,12-13,15,17,20-28H2,1-3H3,(H-,38,45)/p+1. The van der Waals surface area contributed by atoms with Crippen LogP contribution in [-0.4, -0.2) is 110 Å². The van der Waals surface area contributed by atoms with Crippen molar-refractivity contribution in [2.75, 3.05) is 73.5 Å². The zero-order valence-corrected chi connectivity index (χ0v) is 27.4. The number of hydrogen-bond donors (Lipinski definition) is 1. The van der Waals surface area contributed by atoms with E-state index in [4.69, 9.17) is 5.73 Å². The number of likely N-dealkylation sites (N-methyl/N-ethyl adjacent to an activating group) is 2. The summed E-state index contributed by atoms with van der Waals surface area (Å²) in [5.74, 6) is 0.00885. The van der Waals surface area contributed by atoms with Gasteiger partial charge in [-0.05, 0) is 75.6 Å². The molecule has 1 fully saturated rings. The van der Waals surface area contributed by atoms with Gasteiger partial charge in [-0.1, -0.05) is 60.7 Å². The molecule has 3 atom stereocenters. The molecule has 5 rings (SSSR count). The van der Waals surface area contributed by atoms with E-state index in [-0.39, 0.29) is 35.5 Å². The van der Waals surface area contributed by atoms with Crippen LogP contribution in [-0.2, 0) is 4.79 Å².